The lowest BCUT2D eigenvalue weighted by Crippen LogP contribution is -2.30. The minimum atomic E-state index is 0.0530. The maximum Gasteiger partial charge on any atom is 0.0622 e. The van der Waals surface area contributed by atoms with Gasteiger partial charge in [-0.25, -0.2) is 0 Å². The van der Waals surface area contributed by atoms with Gasteiger partial charge in [-0.05, 0) is 58.4 Å². The van der Waals surface area contributed by atoms with Crippen molar-refractivity contribution in [3.8, 4) is 0 Å². The molecule has 0 aromatic carbocycles. The fraction of sp³-hybridized carbons (Fsp3) is 1.00. The third kappa shape index (κ3) is 3.46. The SMILES string of the molecule is CNC1CCC(CCC(C)(C)OC)C1C. The predicted octanol–water partition coefficient (Wildman–Crippen LogP) is 2.83. The fourth-order valence-corrected chi connectivity index (χ4v) is 2.70. The van der Waals surface area contributed by atoms with E-state index in [1.54, 1.807) is 0 Å². The van der Waals surface area contributed by atoms with Crippen molar-refractivity contribution in [2.45, 2.75) is 58.1 Å². The molecule has 0 radical (unpaired) electrons. The van der Waals surface area contributed by atoms with Gasteiger partial charge in [-0.2, -0.15) is 0 Å². The van der Waals surface area contributed by atoms with Crippen molar-refractivity contribution in [1.29, 1.82) is 0 Å². The van der Waals surface area contributed by atoms with Crippen LogP contribution in [0.4, 0.5) is 0 Å². The molecule has 1 rings (SSSR count). The monoisotopic (exact) mass is 213 g/mol. The molecule has 0 amide bonds. The Hall–Kier alpha value is -0.0800. The van der Waals surface area contributed by atoms with Gasteiger partial charge < -0.3 is 10.1 Å². The molecule has 90 valence electrons. The maximum atomic E-state index is 5.47. The summed E-state index contributed by atoms with van der Waals surface area (Å²) in [4.78, 5) is 0. The zero-order chi connectivity index (χ0) is 11.5. The summed E-state index contributed by atoms with van der Waals surface area (Å²) in [6.07, 6.45) is 5.21. The van der Waals surface area contributed by atoms with E-state index in [0.717, 1.165) is 17.9 Å². The summed E-state index contributed by atoms with van der Waals surface area (Å²) in [5.41, 5.74) is 0.0530. The third-order valence-electron chi connectivity index (χ3n) is 4.27. The molecular formula is C13H27NO. The molecule has 0 aromatic rings. The van der Waals surface area contributed by atoms with Crippen LogP contribution in [-0.4, -0.2) is 25.8 Å². The van der Waals surface area contributed by atoms with E-state index in [1.165, 1.54) is 25.7 Å². The summed E-state index contributed by atoms with van der Waals surface area (Å²) in [7, 11) is 3.90. The number of ether oxygens (including phenoxy) is 1. The van der Waals surface area contributed by atoms with Gasteiger partial charge in [-0.1, -0.05) is 6.92 Å². The first kappa shape index (κ1) is 13.0. The number of rotatable bonds is 5. The summed E-state index contributed by atoms with van der Waals surface area (Å²) < 4.78 is 5.47. The number of nitrogens with one attached hydrogen (secondary N) is 1. The molecular weight excluding hydrogens is 186 g/mol. The molecule has 0 saturated heterocycles. The fourth-order valence-electron chi connectivity index (χ4n) is 2.70. The Balaban J connectivity index is 2.34. The van der Waals surface area contributed by atoms with Crippen molar-refractivity contribution < 1.29 is 4.74 Å². The van der Waals surface area contributed by atoms with Gasteiger partial charge >= 0.3 is 0 Å². The Labute approximate surface area is 94.8 Å². The van der Waals surface area contributed by atoms with E-state index in [-0.39, 0.29) is 5.60 Å². The Morgan fingerprint density at radius 2 is 2.00 bits per heavy atom. The highest BCUT2D eigenvalue weighted by molar-refractivity contribution is 4.87. The Morgan fingerprint density at radius 3 is 2.47 bits per heavy atom. The minimum Gasteiger partial charge on any atom is -0.379 e. The number of methoxy groups -OCH3 is 1. The lowest BCUT2D eigenvalue weighted by Gasteiger charge is -2.26. The first-order chi connectivity index (χ1) is 7.00. The second kappa shape index (κ2) is 5.31. The van der Waals surface area contributed by atoms with Crippen LogP contribution in [0, 0.1) is 11.8 Å². The zero-order valence-corrected chi connectivity index (χ0v) is 11.0. The standard InChI is InChI=1S/C13H27NO/c1-10-11(6-7-12(10)14-4)8-9-13(2,3)15-5/h10-12,14H,6-9H2,1-5H3. The summed E-state index contributed by atoms with van der Waals surface area (Å²) in [5.74, 6) is 1.71. The van der Waals surface area contributed by atoms with Gasteiger partial charge in [0, 0.05) is 13.2 Å². The second-order valence-electron chi connectivity index (χ2n) is 5.59. The van der Waals surface area contributed by atoms with Gasteiger partial charge in [0.05, 0.1) is 5.60 Å². The van der Waals surface area contributed by atoms with Crippen molar-refractivity contribution >= 4 is 0 Å². The average Bonchev–Trinajstić information content (AvgIpc) is 2.57. The van der Waals surface area contributed by atoms with E-state index in [4.69, 9.17) is 4.74 Å². The van der Waals surface area contributed by atoms with Crippen LogP contribution in [0.3, 0.4) is 0 Å². The van der Waals surface area contributed by atoms with Gasteiger partial charge in [0.1, 0.15) is 0 Å². The molecule has 2 nitrogen and oxygen atoms in total. The molecule has 1 aliphatic carbocycles. The summed E-state index contributed by atoms with van der Waals surface area (Å²) >= 11 is 0. The van der Waals surface area contributed by atoms with E-state index in [9.17, 15) is 0 Å². The Bertz CT molecular complexity index is 191. The molecule has 0 spiro atoms. The molecule has 0 bridgehead atoms. The van der Waals surface area contributed by atoms with Crippen LogP contribution in [0.5, 0.6) is 0 Å². The smallest absolute Gasteiger partial charge is 0.0622 e. The van der Waals surface area contributed by atoms with Crippen molar-refractivity contribution in [2.75, 3.05) is 14.2 Å². The predicted molar refractivity (Wildman–Crippen MR) is 65.1 cm³/mol. The van der Waals surface area contributed by atoms with E-state index >= 15 is 0 Å². The van der Waals surface area contributed by atoms with Crippen LogP contribution in [0.25, 0.3) is 0 Å². The third-order valence-corrected chi connectivity index (χ3v) is 4.27. The van der Waals surface area contributed by atoms with Gasteiger partial charge in [-0.3, -0.25) is 0 Å². The highest BCUT2D eigenvalue weighted by atomic mass is 16.5. The number of hydrogen-bond acceptors (Lipinski definition) is 2. The van der Waals surface area contributed by atoms with E-state index in [1.807, 2.05) is 7.11 Å². The topological polar surface area (TPSA) is 21.3 Å². The maximum absolute atomic E-state index is 5.47. The highest BCUT2D eigenvalue weighted by Crippen LogP contribution is 2.36. The molecule has 1 N–H and O–H groups in total. The molecule has 1 fully saturated rings. The van der Waals surface area contributed by atoms with Gasteiger partial charge in [-0.15, -0.1) is 0 Å². The molecule has 2 heteroatoms. The van der Waals surface area contributed by atoms with E-state index in [0.29, 0.717) is 0 Å². The minimum absolute atomic E-state index is 0.0530. The molecule has 3 atom stereocenters. The van der Waals surface area contributed by atoms with Gasteiger partial charge in [0.15, 0.2) is 0 Å². The number of hydrogen-bond donors (Lipinski definition) is 1. The Morgan fingerprint density at radius 1 is 1.33 bits per heavy atom. The van der Waals surface area contributed by atoms with Crippen LogP contribution in [0.2, 0.25) is 0 Å². The molecule has 15 heavy (non-hydrogen) atoms. The lowest BCUT2D eigenvalue weighted by molar-refractivity contribution is 0.00913. The average molecular weight is 213 g/mol. The highest BCUT2D eigenvalue weighted by Gasteiger charge is 2.32. The van der Waals surface area contributed by atoms with Crippen molar-refractivity contribution in [1.82, 2.24) is 5.32 Å². The lowest BCUT2D eigenvalue weighted by atomic mass is 9.88. The van der Waals surface area contributed by atoms with E-state index < -0.39 is 0 Å². The molecule has 1 aliphatic rings. The van der Waals surface area contributed by atoms with Crippen molar-refractivity contribution in [3.63, 3.8) is 0 Å². The van der Waals surface area contributed by atoms with Crippen LogP contribution in [0.1, 0.15) is 46.5 Å². The van der Waals surface area contributed by atoms with Crippen molar-refractivity contribution in [2.24, 2.45) is 11.8 Å². The summed E-state index contributed by atoms with van der Waals surface area (Å²) in [5, 5.41) is 3.42. The molecule has 0 aliphatic heterocycles. The summed E-state index contributed by atoms with van der Waals surface area (Å²) in [6, 6.07) is 0.737. The van der Waals surface area contributed by atoms with Crippen LogP contribution in [0.15, 0.2) is 0 Å². The molecule has 0 heterocycles. The summed E-state index contributed by atoms with van der Waals surface area (Å²) in [6.45, 7) is 6.75. The zero-order valence-electron chi connectivity index (χ0n) is 11.0. The van der Waals surface area contributed by atoms with E-state index in [2.05, 4.69) is 33.1 Å². The van der Waals surface area contributed by atoms with Crippen molar-refractivity contribution in [3.05, 3.63) is 0 Å². The van der Waals surface area contributed by atoms with Gasteiger partial charge in [0.2, 0.25) is 0 Å². The molecule has 0 aromatic heterocycles. The second-order valence-corrected chi connectivity index (χ2v) is 5.59. The first-order valence-corrected chi connectivity index (χ1v) is 6.22. The molecule has 1 saturated carbocycles. The quantitative estimate of drug-likeness (QED) is 0.758. The van der Waals surface area contributed by atoms with Crippen LogP contribution < -0.4 is 5.32 Å². The normalized spacial score (nSPS) is 32.2. The van der Waals surface area contributed by atoms with Crippen LogP contribution in [-0.2, 0) is 4.74 Å². The van der Waals surface area contributed by atoms with Gasteiger partial charge in [0.25, 0.3) is 0 Å². The Kier molecular flexibility index (Phi) is 4.60. The van der Waals surface area contributed by atoms with Crippen LogP contribution >= 0.6 is 0 Å². The first-order valence-electron chi connectivity index (χ1n) is 6.22. The molecule has 3 unspecified atom stereocenters. The largest absolute Gasteiger partial charge is 0.379 e.